The topological polar surface area (TPSA) is 58.0 Å². The van der Waals surface area contributed by atoms with E-state index in [1.54, 1.807) is 6.33 Å². The van der Waals surface area contributed by atoms with Crippen molar-refractivity contribution in [2.24, 2.45) is 11.8 Å². The van der Waals surface area contributed by atoms with E-state index in [2.05, 4.69) is 69.0 Å². The van der Waals surface area contributed by atoms with Crippen LogP contribution in [0.15, 0.2) is 24.8 Å². The number of hydrogen-bond donors (Lipinski definition) is 0. The lowest BCUT2D eigenvalue weighted by molar-refractivity contribution is 0.307. The molecule has 1 saturated carbocycles. The van der Waals surface area contributed by atoms with Gasteiger partial charge < -0.3 is 4.90 Å². The first-order valence-electron chi connectivity index (χ1n) is 11.1. The summed E-state index contributed by atoms with van der Waals surface area (Å²) in [4.78, 5) is 23.4. The van der Waals surface area contributed by atoms with Gasteiger partial charge in [0.25, 0.3) is 0 Å². The molecule has 0 radical (unpaired) electrons. The smallest absolute Gasteiger partial charge is 0.132 e. The zero-order chi connectivity index (χ0) is 20.0. The molecule has 29 heavy (non-hydrogen) atoms. The lowest BCUT2D eigenvalue weighted by atomic mass is 9.85. The first-order chi connectivity index (χ1) is 14.0. The Hall–Kier alpha value is -2.08. The number of fused-ring (bicyclic) bond motifs is 1. The molecular formula is C23H32N6. The van der Waals surface area contributed by atoms with Crippen LogP contribution in [0.1, 0.15) is 63.0 Å². The molecule has 0 amide bonds. The molecule has 0 bridgehead atoms. The van der Waals surface area contributed by atoms with E-state index in [4.69, 9.17) is 0 Å². The van der Waals surface area contributed by atoms with E-state index in [0.717, 1.165) is 61.9 Å². The minimum absolute atomic E-state index is 0.0559. The zero-order valence-corrected chi connectivity index (χ0v) is 17.9. The van der Waals surface area contributed by atoms with Crippen molar-refractivity contribution >= 4 is 5.82 Å². The van der Waals surface area contributed by atoms with Crippen LogP contribution < -0.4 is 4.90 Å². The fourth-order valence-corrected chi connectivity index (χ4v) is 4.92. The number of aromatic nitrogens is 4. The first kappa shape index (κ1) is 18.9. The Morgan fingerprint density at radius 3 is 2.21 bits per heavy atom. The Balaban J connectivity index is 1.18. The Morgan fingerprint density at radius 2 is 1.62 bits per heavy atom. The minimum atomic E-state index is 0.0559. The maximum Gasteiger partial charge on any atom is 0.132 e. The Morgan fingerprint density at radius 1 is 0.931 bits per heavy atom. The summed E-state index contributed by atoms with van der Waals surface area (Å²) >= 11 is 0. The maximum atomic E-state index is 4.63. The second-order valence-electron chi connectivity index (χ2n) is 10.2. The van der Waals surface area contributed by atoms with Gasteiger partial charge in [-0.2, -0.15) is 0 Å². The third-order valence-corrected chi connectivity index (χ3v) is 6.91. The SMILES string of the molecule is CC(C)(C)c1cc(N2CC3CN(Cc4cnc(C5CCC5)nc4)CC3C2)ncn1. The van der Waals surface area contributed by atoms with Gasteiger partial charge in [0.2, 0.25) is 0 Å². The normalized spacial score (nSPS) is 25.3. The van der Waals surface area contributed by atoms with Crippen LogP contribution in [0.4, 0.5) is 5.82 Å². The average molecular weight is 393 g/mol. The third kappa shape index (κ3) is 3.87. The van der Waals surface area contributed by atoms with Gasteiger partial charge in [0, 0.05) is 68.1 Å². The number of nitrogens with zero attached hydrogens (tertiary/aromatic N) is 6. The van der Waals surface area contributed by atoms with Crippen molar-refractivity contribution in [1.82, 2.24) is 24.8 Å². The fourth-order valence-electron chi connectivity index (χ4n) is 4.92. The lowest BCUT2D eigenvalue weighted by Crippen LogP contribution is -2.29. The van der Waals surface area contributed by atoms with Gasteiger partial charge in [0.05, 0.1) is 5.69 Å². The number of hydrogen-bond acceptors (Lipinski definition) is 6. The first-order valence-corrected chi connectivity index (χ1v) is 11.1. The summed E-state index contributed by atoms with van der Waals surface area (Å²) in [5.74, 6) is 4.19. The Kier molecular flexibility index (Phi) is 4.77. The highest BCUT2D eigenvalue weighted by atomic mass is 15.3. The van der Waals surface area contributed by atoms with Crippen LogP contribution >= 0.6 is 0 Å². The number of anilines is 1. The summed E-state index contributed by atoms with van der Waals surface area (Å²) in [5.41, 5.74) is 2.42. The highest BCUT2D eigenvalue weighted by Gasteiger charge is 2.40. The van der Waals surface area contributed by atoms with Crippen molar-refractivity contribution in [3.8, 4) is 0 Å². The molecule has 0 spiro atoms. The second kappa shape index (κ2) is 7.31. The molecule has 3 fully saturated rings. The van der Waals surface area contributed by atoms with Crippen LogP contribution in [0.3, 0.4) is 0 Å². The standard InChI is InChI=1S/C23H32N6/c1-23(2,3)20-7-21(27-15-26-20)29-13-18-11-28(12-19(18)14-29)10-16-8-24-22(25-9-16)17-5-4-6-17/h7-9,15,17-19H,4-6,10-14H2,1-3H3. The molecule has 1 aliphatic carbocycles. The van der Waals surface area contributed by atoms with Crippen molar-refractivity contribution < 1.29 is 0 Å². The van der Waals surface area contributed by atoms with Gasteiger partial charge in [-0.1, -0.05) is 27.2 Å². The summed E-state index contributed by atoms with van der Waals surface area (Å²) in [6, 6.07) is 2.18. The van der Waals surface area contributed by atoms with E-state index in [0.29, 0.717) is 5.92 Å². The van der Waals surface area contributed by atoms with Crippen LogP contribution in [-0.4, -0.2) is 51.0 Å². The molecule has 5 rings (SSSR count). The summed E-state index contributed by atoms with van der Waals surface area (Å²) in [5, 5.41) is 0. The molecule has 0 aromatic carbocycles. The van der Waals surface area contributed by atoms with Gasteiger partial charge in [-0.25, -0.2) is 19.9 Å². The van der Waals surface area contributed by atoms with Crippen molar-refractivity contribution in [2.75, 3.05) is 31.1 Å². The predicted octanol–water partition coefficient (Wildman–Crippen LogP) is 3.40. The third-order valence-electron chi connectivity index (χ3n) is 6.91. The highest BCUT2D eigenvalue weighted by Crippen LogP contribution is 2.35. The summed E-state index contributed by atoms with van der Waals surface area (Å²) in [6.07, 6.45) is 9.68. The second-order valence-corrected chi connectivity index (χ2v) is 10.2. The zero-order valence-electron chi connectivity index (χ0n) is 17.9. The van der Waals surface area contributed by atoms with Crippen molar-refractivity contribution in [3.05, 3.63) is 41.9 Å². The van der Waals surface area contributed by atoms with Crippen molar-refractivity contribution in [1.29, 1.82) is 0 Å². The Bertz CT molecular complexity index is 840. The van der Waals surface area contributed by atoms with Gasteiger partial charge in [0.15, 0.2) is 0 Å². The van der Waals surface area contributed by atoms with Gasteiger partial charge >= 0.3 is 0 Å². The number of likely N-dealkylation sites (tertiary alicyclic amines) is 1. The summed E-state index contributed by atoms with van der Waals surface area (Å²) in [7, 11) is 0. The lowest BCUT2D eigenvalue weighted by Gasteiger charge is -2.25. The largest absolute Gasteiger partial charge is 0.356 e. The predicted molar refractivity (Wildman–Crippen MR) is 114 cm³/mol. The molecule has 2 aromatic rings. The molecule has 2 aromatic heterocycles. The number of rotatable bonds is 4. The highest BCUT2D eigenvalue weighted by molar-refractivity contribution is 5.42. The summed E-state index contributed by atoms with van der Waals surface area (Å²) < 4.78 is 0. The maximum absolute atomic E-state index is 4.63. The van der Waals surface area contributed by atoms with Gasteiger partial charge in [0.1, 0.15) is 18.0 Å². The van der Waals surface area contributed by atoms with E-state index < -0.39 is 0 Å². The monoisotopic (exact) mass is 392 g/mol. The molecule has 6 nitrogen and oxygen atoms in total. The molecule has 154 valence electrons. The van der Waals surface area contributed by atoms with Crippen LogP contribution in [0.25, 0.3) is 0 Å². The van der Waals surface area contributed by atoms with Crippen LogP contribution in [0.2, 0.25) is 0 Å². The fraction of sp³-hybridized carbons (Fsp3) is 0.652. The summed E-state index contributed by atoms with van der Waals surface area (Å²) in [6.45, 7) is 12.1. The van der Waals surface area contributed by atoms with E-state index in [1.165, 1.54) is 24.8 Å². The van der Waals surface area contributed by atoms with E-state index in [9.17, 15) is 0 Å². The molecule has 2 aliphatic heterocycles. The quantitative estimate of drug-likeness (QED) is 0.795. The van der Waals surface area contributed by atoms with Crippen LogP contribution in [0, 0.1) is 11.8 Å². The van der Waals surface area contributed by atoms with Gasteiger partial charge in [-0.3, -0.25) is 4.90 Å². The van der Waals surface area contributed by atoms with E-state index in [-0.39, 0.29) is 5.41 Å². The molecule has 0 N–H and O–H groups in total. The molecule has 4 heterocycles. The van der Waals surface area contributed by atoms with Crippen LogP contribution in [0.5, 0.6) is 0 Å². The van der Waals surface area contributed by atoms with E-state index >= 15 is 0 Å². The average Bonchev–Trinajstić information content (AvgIpc) is 3.20. The van der Waals surface area contributed by atoms with Crippen molar-refractivity contribution in [2.45, 2.75) is 57.9 Å². The van der Waals surface area contributed by atoms with Crippen molar-refractivity contribution in [3.63, 3.8) is 0 Å². The van der Waals surface area contributed by atoms with Gasteiger partial charge in [-0.05, 0) is 24.7 Å². The molecule has 6 heteroatoms. The van der Waals surface area contributed by atoms with Gasteiger partial charge in [-0.15, -0.1) is 0 Å². The molecule has 2 atom stereocenters. The Labute approximate surface area is 173 Å². The molecule has 2 saturated heterocycles. The molecule has 2 unspecified atom stereocenters. The molecular weight excluding hydrogens is 360 g/mol. The minimum Gasteiger partial charge on any atom is -0.356 e. The van der Waals surface area contributed by atoms with E-state index in [1.807, 2.05) is 0 Å². The molecule has 3 aliphatic rings. The van der Waals surface area contributed by atoms with Crippen LogP contribution in [-0.2, 0) is 12.0 Å².